The van der Waals surface area contributed by atoms with Crippen LogP contribution in [-0.4, -0.2) is 24.9 Å². The van der Waals surface area contributed by atoms with E-state index in [1.54, 1.807) is 48.8 Å². The first-order chi connectivity index (χ1) is 69.9. The normalized spacial score (nSPS) is 18.4. The number of benzene rings is 5. The van der Waals surface area contributed by atoms with Crippen LogP contribution in [0.3, 0.4) is 0 Å². The van der Waals surface area contributed by atoms with Gasteiger partial charge in [0, 0.05) is 180 Å². The summed E-state index contributed by atoms with van der Waals surface area (Å²) in [5.41, 5.74) is 26.2. The zero-order chi connectivity index (χ0) is 107. The third kappa shape index (κ3) is 17.1. The minimum atomic E-state index is -2.67. The van der Waals surface area contributed by atoms with Crippen molar-refractivity contribution in [2.75, 3.05) is 0 Å². The summed E-state index contributed by atoms with van der Waals surface area (Å²) in [6.45, 7) is 12.0. The molecular formula is C114H119N10O5+5. The van der Waals surface area contributed by atoms with Crippen molar-refractivity contribution in [3.05, 3.63) is 297 Å². The zero-order valence-electron chi connectivity index (χ0n) is 95.9. The quantitative estimate of drug-likeness (QED) is 0.128. The number of pyridine rings is 10. The Morgan fingerprint density at radius 1 is 0.326 bits per heavy atom. The lowest BCUT2D eigenvalue weighted by Gasteiger charge is -2.20. The van der Waals surface area contributed by atoms with E-state index in [1.165, 1.54) is 12.5 Å². The molecule has 0 N–H and O–H groups in total. The van der Waals surface area contributed by atoms with Gasteiger partial charge in [0.15, 0.2) is 58.9 Å². The van der Waals surface area contributed by atoms with Gasteiger partial charge in [0.2, 0.25) is 57.0 Å². The highest BCUT2D eigenvalue weighted by molar-refractivity contribution is 6.13. The Balaban J connectivity index is 0.000000122. The van der Waals surface area contributed by atoms with Crippen LogP contribution in [0.25, 0.3) is 167 Å². The molecule has 0 aliphatic heterocycles. The van der Waals surface area contributed by atoms with Crippen LogP contribution in [0.5, 0.6) is 0 Å². The van der Waals surface area contributed by atoms with E-state index in [-0.39, 0.29) is 25.0 Å². The Bertz CT molecular complexity index is 8720. The summed E-state index contributed by atoms with van der Waals surface area (Å²) in [4.78, 5) is 22.9. The largest absolute Gasteiger partial charge is 0.437 e. The highest BCUT2D eigenvalue weighted by Gasteiger charge is 2.30. The Morgan fingerprint density at radius 3 is 0.961 bits per heavy atom. The molecule has 20 aromatic rings. The fraction of sp³-hybridized carbons (Fsp3) is 0.298. The van der Waals surface area contributed by atoms with Crippen LogP contribution in [-0.2, 0) is 48.1 Å². The molecule has 650 valence electrons. The van der Waals surface area contributed by atoms with Crippen LogP contribution in [0.2, 0.25) is 0 Å². The Morgan fingerprint density at radius 2 is 0.620 bits per heavy atom. The molecule has 0 amide bonds. The average molecular weight is 1730 g/mol. The first kappa shape index (κ1) is 65.2. The van der Waals surface area contributed by atoms with Gasteiger partial charge in [-0.1, -0.05) is 120 Å². The number of hydrogen-bond donors (Lipinski definition) is 0. The van der Waals surface area contributed by atoms with Gasteiger partial charge in [0.1, 0.15) is 35.2 Å². The van der Waals surface area contributed by atoms with Gasteiger partial charge in [-0.2, -0.15) is 0 Å². The van der Waals surface area contributed by atoms with Crippen LogP contribution in [0.1, 0.15) is 209 Å². The molecular weight excluding hydrogens is 1590 g/mol. The van der Waals surface area contributed by atoms with Crippen molar-refractivity contribution in [3.63, 3.8) is 0 Å². The Hall–Kier alpha value is -13.4. The van der Waals surface area contributed by atoms with Gasteiger partial charge in [-0.05, 0) is 239 Å². The average Bonchev–Trinajstić information content (AvgIpc) is 1.47. The number of fused-ring (bicyclic) bond motifs is 15. The van der Waals surface area contributed by atoms with Crippen molar-refractivity contribution in [1.29, 1.82) is 0 Å². The molecule has 1 atom stereocenters. The van der Waals surface area contributed by atoms with E-state index in [2.05, 4.69) is 151 Å². The second-order valence-electron chi connectivity index (χ2n) is 34.8. The standard InChI is InChI=1S/C25H27N2O.C24H25N2O.C24H27N2O.C21H21N2O.C20H19N2O/c1-16-9-14-22(27(3)15-16)23-17(2)10-11-19-20-12-13-21(18-7-5-4-6-8-18)26-25(20)28-24(19)23;1-15-8-13-21(26(3)14-15)22-16(2)9-10-18-19-11-12-20(17-6-4-5-7-17)25-24(19)27-23(18)22;1-15-7-12-20(26(6)14-15)21-16(2)8-10-18-19-11-9-17(13-24(3,4)5)25-23(19)27-22(18)21;1-5-15-8-10-17-16-9-7-14(3)19(20(16)24-21(17)22-15)18-11-6-13(2)12-23(18)4;1-12-5-10-17(22(4)11-12)18-13(2)6-8-15-16-9-7-14(3)21-20(16)23-19(15)18/h9-15,18H,4-8H2,1-3H3;8-14,17H,4-7H2,1-3H3;7-12,14H,13H2,1-6H3;6-12H,5H2,1-4H3;5-11H,1-4H3/q5*+1/i7D2,8D2,18D;6D2,17D;3D3,4D3;2D3;1D3. The van der Waals surface area contributed by atoms with Crippen LogP contribution in [0.4, 0.5) is 0 Å². The van der Waals surface area contributed by atoms with Gasteiger partial charge >= 0.3 is 0 Å². The molecule has 22 rings (SSSR count). The number of furan rings is 5. The predicted molar refractivity (Wildman–Crippen MR) is 522 cm³/mol. The van der Waals surface area contributed by atoms with Crippen LogP contribution < -0.4 is 22.8 Å². The minimum absolute atomic E-state index is 0.0721. The molecule has 1 unspecified atom stereocenters. The smallest absolute Gasteiger partial charge is 0.227 e. The van der Waals surface area contributed by atoms with E-state index in [1.807, 2.05) is 166 Å². The topological polar surface area (TPSA) is 150 Å². The van der Waals surface area contributed by atoms with E-state index in [9.17, 15) is 0 Å². The van der Waals surface area contributed by atoms with Crippen molar-refractivity contribution in [3.8, 4) is 56.3 Å². The summed E-state index contributed by atoms with van der Waals surface area (Å²) in [6.07, 6.45) is 6.72. The van der Waals surface area contributed by atoms with E-state index in [4.69, 9.17) is 49.5 Å². The molecule has 0 radical (unpaired) electrons. The Labute approximate surface area is 783 Å². The maximum atomic E-state index is 8.98. The van der Waals surface area contributed by atoms with Gasteiger partial charge in [0.05, 0.1) is 27.8 Å². The summed E-state index contributed by atoms with van der Waals surface area (Å²) >= 11 is 0. The summed E-state index contributed by atoms with van der Waals surface area (Å²) < 4.78 is 202. The van der Waals surface area contributed by atoms with Crippen LogP contribution in [0.15, 0.2) is 235 Å². The Kier molecular flexibility index (Phi) is 17.9. The summed E-state index contributed by atoms with van der Waals surface area (Å²) in [6, 6.07) is 58.6. The minimum Gasteiger partial charge on any atom is -0.437 e. The molecule has 15 heteroatoms. The van der Waals surface area contributed by atoms with Gasteiger partial charge in [-0.25, -0.2) is 47.8 Å². The lowest BCUT2D eigenvalue weighted by atomic mass is 9.86. The van der Waals surface area contributed by atoms with Crippen molar-refractivity contribution in [2.24, 2.45) is 40.7 Å². The van der Waals surface area contributed by atoms with Crippen molar-refractivity contribution < 1.29 is 72.3 Å². The molecule has 2 saturated carbocycles. The summed E-state index contributed by atoms with van der Waals surface area (Å²) in [5, 5.41) is 9.23. The molecule has 15 aromatic heterocycles. The maximum Gasteiger partial charge on any atom is 0.227 e. The van der Waals surface area contributed by atoms with E-state index in [0.29, 0.717) is 87.9 Å². The first-order valence-corrected chi connectivity index (χ1v) is 44.0. The molecule has 0 saturated heterocycles. The number of nitrogens with zero attached hydrogens (tertiary/aromatic N) is 10. The van der Waals surface area contributed by atoms with E-state index < -0.39 is 63.7 Å². The molecule has 15 heterocycles. The van der Waals surface area contributed by atoms with E-state index in [0.717, 1.165) is 184 Å². The fourth-order valence-electron chi connectivity index (χ4n) is 18.1. The maximum absolute atomic E-state index is 8.98. The molecule has 2 aliphatic carbocycles. The summed E-state index contributed by atoms with van der Waals surface area (Å²) in [5.74, 6) is -3.45. The SMILES string of the molecule is [2H]C([2H])([2H])C(C)(Cc1ccc2c(n1)oc1c(-c3ccc(C)c[n+]3C)c(C)ccc12)C([2H])([2H])[2H].[2H]C([2H])([2H])c1ccc(-c2c(C)ccc3c2oc2nc(C)ccc23)[n+](C)c1.[2H]C([2H])([2H])c1ccc(-c2c(C)ccc3c2oc2nc(CC)ccc23)[n+](C)c1.[2H]C1([2H])CCCC([2H])([2H])C1([2H])c1ccc2c(n1)oc1c(-c3ccc(C)c[n+]3C)c(C)ccc12.[2H]C1([2H])CCCC1([2H])c1ccc2c(n1)oc1c(-c3ccc(C)c[n+]3C)c(C)ccc12. The van der Waals surface area contributed by atoms with Gasteiger partial charge in [-0.3, -0.25) is 0 Å². The van der Waals surface area contributed by atoms with Crippen molar-refractivity contribution in [2.45, 2.75) is 186 Å². The molecule has 2 aliphatic rings. The van der Waals surface area contributed by atoms with Crippen LogP contribution >= 0.6 is 0 Å². The molecule has 15 nitrogen and oxygen atoms in total. The predicted octanol–water partition coefficient (Wildman–Crippen LogP) is 26.6. The third-order valence-corrected chi connectivity index (χ3v) is 24.6. The fourth-order valence-corrected chi connectivity index (χ4v) is 18.1. The lowest BCUT2D eigenvalue weighted by molar-refractivity contribution is -0.660. The van der Waals surface area contributed by atoms with Gasteiger partial charge < -0.3 is 22.1 Å². The number of aryl methyl sites for hydroxylation is 17. The lowest BCUT2D eigenvalue weighted by Crippen LogP contribution is -2.31. The number of hydrogen-bond acceptors (Lipinski definition) is 10. The molecule has 0 bridgehead atoms. The van der Waals surface area contributed by atoms with Gasteiger partial charge in [-0.15, -0.1) is 0 Å². The molecule has 0 spiro atoms. The number of aromatic nitrogens is 10. The highest BCUT2D eigenvalue weighted by Crippen LogP contribution is 2.45. The second kappa shape index (κ2) is 35.3. The second-order valence-corrected chi connectivity index (χ2v) is 34.8. The third-order valence-electron chi connectivity index (χ3n) is 24.6. The van der Waals surface area contributed by atoms with Gasteiger partial charge in [0.25, 0.3) is 0 Å². The monoisotopic (exact) mass is 1730 g/mol. The molecule has 2 fully saturated rings. The first-order valence-electron chi connectivity index (χ1n) is 54.0. The van der Waals surface area contributed by atoms with Crippen LogP contribution in [0, 0.1) is 81.4 Å². The van der Waals surface area contributed by atoms with Crippen molar-refractivity contribution in [1.82, 2.24) is 24.9 Å². The molecule has 5 aromatic carbocycles. The molecule has 129 heavy (non-hydrogen) atoms. The van der Waals surface area contributed by atoms with Crippen molar-refractivity contribution >= 4 is 110 Å². The highest BCUT2D eigenvalue weighted by atomic mass is 16.4. The summed E-state index contributed by atoms with van der Waals surface area (Å²) in [7, 11) is 9.74. The zero-order valence-corrected chi connectivity index (χ0v) is 75.9. The number of rotatable bonds is 9. The van der Waals surface area contributed by atoms with E-state index >= 15 is 0 Å².